The quantitative estimate of drug-likeness (QED) is 0.773. The fourth-order valence-corrected chi connectivity index (χ4v) is 1.85. The molecule has 0 aliphatic heterocycles. The van der Waals surface area contributed by atoms with Crippen LogP contribution < -0.4 is 11.1 Å². The molecule has 5 heteroatoms. The molecular weight excluding hydrogens is 204 g/mol. The average Bonchev–Trinajstić information content (AvgIpc) is 2.89. The molecule has 1 aromatic rings. The molecule has 0 saturated heterocycles. The summed E-state index contributed by atoms with van der Waals surface area (Å²) in [6.07, 6.45) is 5.43. The maximum atomic E-state index is 11.6. The van der Waals surface area contributed by atoms with Crippen molar-refractivity contribution in [3.05, 3.63) is 12.3 Å². The van der Waals surface area contributed by atoms with Crippen LogP contribution in [0.5, 0.6) is 0 Å². The standard InChI is InChI=1S/C11H18N4O/c1-8(6-9-2-3-9)13-11(16)7-15-5-4-10(12)14-15/h4-5,8-9H,2-3,6-7H2,1H3,(H2,12,14)(H,13,16). The van der Waals surface area contributed by atoms with E-state index in [-0.39, 0.29) is 18.5 Å². The molecule has 1 fully saturated rings. The molecule has 0 bridgehead atoms. The number of nitrogens with zero attached hydrogens (tertiary/aromatic N) is 2. The van der Waals surface area contributed by atoms with E-state index < -0.39 is 0 Å². The van der Waals surface area contributed by atoms with Crippen molar-refractivity contribution in [2.75, 3.05) is 5.73 Å². The number of anilines is 1. The fourth-order valence-electron chi connectivity index (χ4n) is 1.85. The van der Waals surface area contributed by atoms with E-state index >= 15 is 0 Å². The van der Waals surface area contributed by atoms with Gasteiger partial charge in [-0.15, -0.1) is 0 Å². The second-order valence-electron chi connectivity index (χ2n) is 4.59. The van der Waals surface area contributed by atoms with E-state index in [4.69, 9.17) is 5.73 Å². The maximum Gasteiger partial charge on any atom is 0.241 e. The van der Waals surface area contributed by atoms with Crippen molar-refractivity contribution in [3.63, 3.8) is 0 Å². The summed E-state index contributed by atoms with van der Waals surface area (Å²) in [5.74, 6) is 1.27. The first-order chi connectivity index (χ1) is 7.63. The summed E-state index contributed by atoms with van der Waals surface area (Å²) < 4.78 is 1.55. The fraction of sp³-hybridized carbons (Fsp3) is 0.636. The van der Waals surface area contributed by atoms with Gasteiger partial charge >= 0.3 is 0 Å². The van der Waals surface area contributed by atoms with Crippen molar-refractivity contribution in [1.82, 2.24) is 15.1 Å². The Morgan fingerprint density at radius 3 is 3.06 bits per heavy atom. The lowest BCUT2D eigenvalue weighted by Gasteiger charge is -2.13. The van der Waals surface area contributed by atoms with Gasteiger partial charge in [-0.05, 0) is 25.3 Å². The first-order valence-electron chi connectivity index (χ1n) is 5.72. The Bertz CT molecular complexity index is 370. The van der Waals surface area contributed by atoms with E-state index in [9.17, 15) is 4.79 Å². The van der Waals surface area contributed by atoms with Gasteiger partial charge in [0.15, 0.2) is 0 Å². The van der Waals surface area contributed by atoms with Crippen molar-refractivity contribution >= 4 is 11.7 Å². The van der Waals surface area contributed by atoms with Crippen LogP contribution >= 0.6 is 0 Å². The van der Waals surface area contributed by atoms with E-state index in [0.29, 0.717) is 5.82 Å². The number of nitrogens with two attached hydrogens (primary N) is 1. The highest BCUT2D eigenvalue weighted by molar-refractivity contribution is 5.75. The van der Waals surface area contributed by atoms with E-state index in [1.165, 1.54) is 12.8 Å². The molecule has 2 rings (SSSR count). The zero-order chi connectivity index (χ0) is 11.5. The summed E-state index contributed by atoms with van der Waals surface area (Å²) in [7, 11) is 0. The lowest BCUT2D eigenvalue weighted by Crippen LogP contribution is -2.35. The van der Waals surface area contributed by atoms with Gasteiger partial charge in [0, 0.05) is 12.2 Å². The van der Waals surface area contributed by atoms with Gasteiger partial charge in [0.25, 0.3) is 0 Å². The van der Waals surface area contributed by atoms with Gasteiger partial charge in [0.2, 0.25) is 5.91 Å². The van der Waals surface area contributed by atoms with Gasteiger partial charge < -0.3 is 11.1 Å². The van der Waals surface area contributed by atoms with Crippen LogP contribution in [-0.2, 0) is 11.3 Å². The van der Waals surface area contributed by atoms with Crippen molar-refractivity contribution in [3.8, 4) is 0 Å². The molecule has 1 unspecified atom stereocenters. The summed E-state index contributed by atoms with van der Waals surface area (Å²) in [5.41, 5.74) is 5.47. The topological polar surface area (TPSA) is 72.9 Å². The molecule has 1 heterocycles. The van der Waals surface area contributed by atoms with E-state index in [1.54, 1.807) is 16.9 Å². The predicted molar refractivity (Wildman–Crippen MR) is 61.6 cm³/mol. The minimum Gasteiger partial charge on any atom is -0.382 e. The molecule has 1 amide bonds. The molecule has 16 heavy (non-hydrogen) atoms. The maximum absolute atomic E-state index is 11.6. The molecule has 5 nitrogen and oxygen atoms in total. The number of hydrogen-bond acceptors (Lipinski definition) is 3. The largest absolute Gasteiger partial charge is 0.382 e. The molecule has 1 aliphatic carbocycles. The second-order valence-corrected chi connectivity index (χ2v) is 4.59. The molecule has 1 aromatic heterocycles. The third-order valence-electron chi connectivity index (χ3n) is 2.76. The zero-order valence-electron chi connectivity index (χ0n) is 9.52. The lowest BCUT2D eigenvalue weighted by molar-refractivity contribution is -0.122. The minimum atomic E-state index is -0.00347. The number of carbonyl (C=O) groups excluding carboxylic acids is 1. The number of nitrogens with one attached hydrogen (secondary N) is 1. The average molecular weight is 222 g/mol. The third kappa shape index (κ3) is 3.25. The lowest BCUT2D eigenvalue weighted by atomic mass is 10.1. The number of rotatable bonds is 5. The highest BCUT2D eigenvalue weighted by Crippen LogP contribution is 2.33. The third-order valence-corrected chi connectivity index (χ3v) is 2.76. The molecular formula is C11H18N4O. The number of hydrogen-bond donors (Lipinski definition) is 2. The molecule has 1 saturated carbocycles. The van der Waals surface area contributed by atoms with Crippen molar-refractivity contribution in [2.45, 2.75) is 38.8 Å². The van der Waals surface area contributed by atoms with Crippen LogP contribution in [0.25, 0.3) is 0 Å². The number of aromatic nitrogens is 2. The van der Waals surface area contributed by atoms with Crippen molar-refractivity contribution < 1.29 is 4.79 Å². The second kappa shape index (κ2) is 4.55. The van der Waals surface area contributed by atoms with Gasteiger partial charge in [0.05, 0.1) is 0 Å². The van der Waals surface area contributed by atoms with Gasteiger partial charge in [-0.1, -0.05) is 12.8 Å². The Kier molecular flexibility index (Phi) is 3.12. The summed E-state index contributed by atoms with van der Waals surface area (Å²) in [5, 5.41) is 6.93. The number of amides is 1. The van der Waals surface area contributed by atoms with Gasteiger partial charge in [0.1, 0.15) is 12.4 Å². The van der Waals surface area contributed by atoms with E-state index in [0.717, 1.165) is 12.3 Å². The van der Waals surface area contributed by atoms with E-state index in [1.807, 2.05) is 6.92 Å². The van der Waals surface area contributed by atoms with E-state index in [2.05, 4.69) is 10.4 Å². The summed E-state index contributed by atoms with van der Waals surface area (Å²) in [6, 6.07) is 1.94. The summed E-state index contributed by atoms with van der Waals surface area (Å²) >= 11 is 0. The van der Waals surface area contributed by atoms with Gasteiger partial charge in [-0.2, -0.15) is 5.10 Å². The first kappa shape index (κ1) is 11.0. The molecule has 1 atom stereocenters. The van der Waals surface area contributed by atoms with Crippen LogP contribution in [0.1, 0.15) is 26.2 Å². The summed E-state index contributed by atoms with van der Waals surface area (Å²) in [6.45, 7) is 2.29. The molecule has 3 N–H and O–H groups in total. The van der Waals surface area contributed by atoms with Crippen molar-refractivity contribution in [2.24, 2.45) is 5.92 Å². The Hall–Kier alpha value is -1.52. The van der Waals surface area contributed by atoms with Gasteiger partial charge in [-0.3, -0.25) is 9.48 Å². The molecule has 88 valence electrons. The monoisotopic (exact) mass is 222 g/mol. The first-order valence-corrected chi connectivity index (χ1v) is 5.72. The normalized spacial score (nSPS) is 17.1. The molecule has 0 radical (unpaired) electrons. The molecule has 1 aliphatic rings. The van der Waals surface area contributed by atoms with Crippen LogP contribution in [0.4, 0.5) is 5.82 Å². The summed E-state index contributed by atoms with van der Waals surface area (Å²) in [4.78, 5) is 11.6. The Labute approximate surface area is 95.0 Å². The van der Waals surface area contributed by atoms with Crippen LogP contribution in [0.15, 0.2) is 12.3 Å². The SMILES string of the molecule is CC(CC1CC1)NC(=O)Cn1ccc(N)n1. The van der Waals surface area contributed by atoms with Crippen LogP contribution in [-0.4, -0.2) is 21.7 Å². The molecule has 0 spiro atoms. The molecule has 0 aromatic carbocycles. The highest BCUT2D eigenvalue weighted by atomic mass is 16.2. The van der Waals surface area contributed by atoms with Gasteiger partial charge in [-0.25, -0.2) is 0 Å². The van der Waals surface area contributed by atoms with Crippen molar-refractivity contribution in [1.29, 1.82) is 0 Å². The van der Waals surface area contributed by atoms with Crippen LogP contribution in [0, 0.1) is 5.92 Å². The Morgan fingerprint density at radius 1 is 1.75 bits per heavy atom. The number of nitrogen functional groups attached to an aromatic ring is 1. The number of carbonyl (C=O) groups is 1. The Morgan fingerprint density at radius 2 is 2.50 bits per heavy atom. The predicted octanol–water partition coefficient (Wildman–Crippen LogP) is 0.770. The van der Waals surface area contributed by atoms with Crippen LogP contribution in [0.2, 0.25) is 0 Å². The zero-order valence-corrected chi connectivity index (χ0v) is 9.52. The smallest absolute Gasteiger partial charge is 0.241 e. The minimum absolute atomic E-state index is 0.00347. The van der Waals surface area contributed by atoms with Crippen LogP contribution in [0.3, 0.4) is 0 Å². The highest BCUT2D eigenvalue weighted by Gasteiger charge is 2.24. The Balaban J connectivity index is 1.74.